The molecule has 0 radical (unpaired) electrons. The Kier molecular flexibility index (Phi) is 10.9. The molecule has 2 aliphatic carbocycles. The van der Waals surface area contributed by atoms with Gasteiger partial charge in [-0.25, -0.2) is 9.48 Å². The zero-order valence-electron chi connectivity index (χ0n) is 28.8. The number of aromatic nitrogens is 4. The molecular weight excluding hydrogens is 689 g/mol. The van der Waals surface area contributed by atoms with Crippen LogP contribution in [0.5, 0.6) is 5.75 Å². The van der Waals surface area contributed by atoms with Gasteiger partial charge in [0, 0.05) is 42.0 Å². The summed E-state index contributed by atoms with van der Waals surface area (Å²) in [6, 6.07) is 13.4. The second kappa shape index (κ2) is 15.5. The van der Waals surface area contributed by atoms with Gasteiger partial charge < -0.3 is 35.3 Å². The fourth-order valence-corrected chi connectivity index (χ4v) is 9.67. The Bertz CT molecular complexity index is 2000. The number of phenols is 1. The number of thiazole rings is 1. The van der Waals surface area contributed by atoms with Crippen molar-refractivity contribution in [3.05, 3.63) is 73.5 Å². The average Bonchev–Trinajstić information content (AvgIpc) is 3.96. The molecule has 3 aromatic heterocycles. The van der Waals surface area contributed by atoms with Crippen molar-refractivity contribution in [1.29, 1.82) is 0 Å². The normalized spacial score (nSPS) is 20.3. The fraction of sp³-hybridized carbons (Fsp3) is 0.514. The zero-order chi connectivity index (χ0) is 35.5. The van der Waals surface area contributed by atoms with Crippen molar-refractivity contribution < 1.29 is 24.9 Å². The van der Waals surface area contributed by atoms with E-state index in [1.807, 2.05) is 40.4 Å². The van der Waals surface area contributed by atoms with Gasteiger partial charge in [-0.15, -0.1) is 16.4 Å². The molecule has 3 heterocycles. The lowest BCUT2D eigenvalue weighted by molar-refractivity contribution is -0.180. The Labute approximate surface area is 304 Å². The van der Waals surface area contributed by atoms with Gasteiger partial charge in [-0.1, -0.05) is 47.6 Å². The third-order valence-electron chi connectivity index (χ3n) is 10.8. The Morgan fingerprint density at radius 3 is 2.73 bits per heavy atom. The minimum atomic E-state index is -1.54. The molecular formula is C37H46N6O6S2. The number of aliphatic hydroxyl groups is 2. The van der Waals surface area contributed by atoms with Crippen LogP contribution in [0, 0.1) is 5.92 Å². The van der Waals surface area contributed by atoms with Crippen LogP contribution in [0.2, 0.25) is 0 Å². The minimum Gasteiger partial charge on any atom is -0.506 e. The molecule has 1 unspecified atom stereocenters. The highest BCUT2D eigenvalue weighted by Crippen LogP contribution is 2.44. The van der Waals surface area contributed by atoms with Gasteiger partial charge in [0.2, 0.25) is 0 Å². The SMILES string of the molecule is CN(CCCn1nnc2cc(CNC[C@H](O)c3ccc(O)c4[nH]c(=O)sc34)ccc21)C1CCC(OC(=O)C(O)(c2cccs2)C2CCCC2)CC1. The van der Waals surface area contributed by atoms with E-state index in [0.717, 1.165) is 98.8 Å². The molecule has 2 atom stereocenters. The molecule has 272 valence electrons. The van der Waals surface area contributed by atoms with E-state index in [9.17, 15) is 24.9 Å². The van der Waals surface area contributed by atoms with Crippen molar-refractivity contribution in [3.8, 4) is 5.75 Å². The molecule has 0 bridgehead atoms. The van der Waals surface area contributed by atoms with Crippen LogP contribution >= 0.6 is 22.7 Å². The molecule has 0 amide bonds. The maximum Gasteiger partial charge on any atom is 0.344 e. The molecule has 2 aliphatic rings. The van der Waals surface area contributed by atoms with Crippen molar-refractivity contribution in [2.45, 2.75) is 94.7 Å². The minimum absolute atomic E-state index is 0.0146. The van der Waals surface area contributed by atoms with E-state index in [2.05, 4.69) is 32.6 Å². The molecule has 2 aromatic carbocycles. The van der Waals surface area contributed by atoms with Gasteiger partial charge in [0.05, 0.1) is 16.3 Å². The molecule has 0 saturated heterocycles. The number of phenolic OH excluding ortho intramolecular Hbond substituents is 1. The topological polar surface area (TPSA) is 166 Å². The third-order valence-corrected chi connectivity index (χ3v) is 12.7. The van der Waals surface area contributed by atoms with Crippen molar-refractivity contribution in [2.24, 2.45) is 5.92 Å². The van der Waals surface area contributed by atoms with Crippen molar-refractivity contribution in [1.82, 2.24) is 30.2 Å². The summed E-state index contributed by atoms with van der Waals surface area (Å²) in [5.74, 6) is -0.565. The van der Waals surface area contributed by atoms with Crippen molar-refractivity contribution in [3.63, 3.8) is 0 Å². The smallest absolute Gasteiger partial charge is 0.344 e. The molecule has 14 heteroatoms. The summed E-state index contributed by atoms with van der Waals surface area (Å²) in [5.41, 5.74) is 2.20. The number of nitrogens with one attached hydrogen (secondary N) is 2. The first-order chi connectivity index (χ1) is 24.7. The lowest BCUT2D eigenvalue weighted by atomic mass is 9.84. The molecule has 5 N–H and O–H groups in total. The number of fused-ring (bicyclic) bond motifs is 2. The second-order valence-electron chi connectivity index (χ2n) is 14.1. The van der Waals surface area contributed by atoms with Gasteiger partial charge in [0.1, 0.15) is 22.9 Å². The highest BCUT2D eigenvalue weighted by atomic mass is 32.1. The van der Waals surface area contributed by atoms with Gasteiger partial charge in [-0.3, -0.25) is 4.79 Å². The number of carbonyl (C=O) groups is 1. The predicted molar refractivity (Wildman–Crippen MR) is 198 cm³/mol. The molecule has 51 heavy (non-hydrogen) atoms. The van der Waals surface area contributed by atoms with E-state index in [-0.39, 0.29) is 29.2 Å². The lowest BCUT2D eigenvalue weighted by Crippen LogP contribution is -2.45. The molecule has 7 rings (SSSR count). The van der Waals surface area contributed by atoms with Crippen LogP contribution in [-0.2, 0) is 28.2 Å². The number of thiophene rings is 1. The number of ether oxygens (including phenoxy) is 1. The van der Waals surface area contributed by atoms with Gasteiger partial charge in [-0.05, 0) is 93.7 Å². The molecule has 2 fully saturated rings. The number of hydrogen-bond acceptors (Lipinski definition) is 12. The van der Waals surface area contributed by atoms with Crippen LogP contribution in [0.25, 0.3) is 21.3 Å². The lowest BCUT2D eigenvalue weighted by Gasteiger charge is -2.37. The Morgan fingerprint density at radius 2 is 1.96 bits per heavy atom. The summed E-state index contributed by atoms with van der Waals surface area (Å²) in [4.78, 5) is 30.7. The van der Waals surface area contributed by atoms with Crippen LogP contribution < -0.4 is 10.2 Å². The van der Waals surface area contributed by atoms with Crippen molar-refractivity contribution in [2.75, 3.05) is 20.1 Å². The molecule has 0 spiro atoms. The van der Waals surface area contributed by atoms with E-state index >= 15 is 0 Å². The Hall–Kier alpha value is -3.66. The van der Waals surface area contributed by atoms with Crippen LogP contribution in [0.3, 0.4) is 0 Å². The van der Waals surface area contributed by atoms with E-state index in [0.29, 0.717) is 33.2 Å². The number of aromatic amines is 1. The monoisotopic (exact) mass is 734 g/mol. The number of carbonyl (C=O) groups excluding carboxylic acids is 1. The summed E-state index contributed by atoms with van der Waals surface area (Å²) in [6.45, 7) is 2.45. The number of benzene rings is 2. The first-order valence-electron chi connectivity index (χ1n) is 17.9. The summed E-state index contributed by atoms with van der Waals surface area (Å²) < 4.78 is 8.52. The number of rotatable bonds is 14. The predicted octanol–water partition coefficient (Wildman–Crippen LogP) is 5.18. The average molecular weight is 735 g/mol. The maximum atomic E-state index is 13.4. The molecule has 5 aromatic rings. The van der Waals surface area contributed by atoms with E-state index < -0.39 is 17.7 Å². The quantitative estimate of drug-likeness (QED) is 0.0961. The summed E-state index contributed by atoms with van der Waals surface area (Å²) in [5, 5.41) is 46.5. The van der Waals surface area contributed by atoms with Gasteiger partial charge in [-0.2, -0.15) is 0 Å². The first-order valence-corrected chi connectivity index (χ1v) is 19.6. The number of aromatic hydroxyl groups is 1. The van der Waals surface area contributed by atoms with Crippen LogP contribution in [-0.4, -0.2) is 78.4 Å². The zero-order valence-corrected chi connectivity index (χ0v) is 30.4. The van der Waals surface area contributed by atoms with E-state index in [1.54, 1.807) is 6.07 Å². The number of aliphatic hydroxyl groups excluding tert-OH is 1. The van der Waals surface area contributed by atoms with E-state index in [1.165, 1.54) is 17.4 Å². The highest BCUT2D eigenvalue weighted by molar-refractivity contribution is 7.16. The Balaban J connectivity index is 0.854. The Morgan fingerprint density at radius 1 is 1.16 bits per heavy atom. The van der Waals surface area contributed by atoms with Crippen molar-refractivity contribution >= 4 is 49.9 Å². The number of nitrogens with zero attached hydrogens (tertiary/aromatic N) is 4. The number of aryl methyl sites for hydroxylation is 1. The van der Waals surface area contributed by atoms with E-state index in [4.69, 9.17) is 4.74 Å². The highest BCUT2D eigenvalue weighted by Gasteiger charge is 2.49. The number of esters is 1. The molecule has 2 saturated carbocycles. The molecule has 12 nitrogen and oxygen atoms in total. The summed E-state index contributed by atoms with van der Waals surface area (Å²) in [6.07, 6.45) is 7.18. The summed E-state index contributed by atoms with van der Waals surface area (Å²) in [7, 11) is 2.16. The van der Waals surface area contributed by atoms with Crippen LogP contribution in [0.15, 0.2) is 52.6 Å². The molecule has 0 aliphatic heterocycles. The van der Waals surface area contributed by atoms with Gasteiger partial charge in [0.25, 0.3) is 0 Å². The largest absolute Gasteiger partial charge is 0.506 e. The number of H-pyrrole nitrogens is 1. The van der Waals surface area contributed by atoms with Crippen LogP contribution in [0.1, 0.15) is 79.9 Å². The third kappa shape index (κ3) is 7.62. The maximum absolute atomic E-state index is 13.4. The second-order valence-corrected chi connectivity index (χ2v) is 16.0. The van der Waals surface area contributed by atoms with Crippen LogP contribution in [0.4, 0.5) is 0 Å². The van der Waals surface area contributed by atoms with Gasteiger partial charge >= 0.3 is 10.8 Å². The number of hydrogen-bond donors (Lipinski definition) is 5. The summed E-state index contributed by atoms with van der Waals surface area (Å²) >= 11 is 2.41. The first kappa shape index (κ1) is 35.7. The standard InChI is InChI=1S/C37H46N6O6S2/c1-42(25-10-12-26(13-11-25)49-35(46)37(48,24-6-2-3-7-24)32-8-4-19-50-32)17-5-18-43-29-15-9-23(20-28(29)40-41-43)21-38-22-31(45)27-14-16-30(44)33-34(27)51-36(47)39-33/h4,8-9,14-16,19-20,24-26,31,38,44-45,48H,2-3,5-7,10-13,17-18,21-22H2,1H3,(H,39,47)/t25?,26?,31-,37?/m0/s1. The fourth-order valence-electron chi connectivity index (χ4n) is 7.86. The van der Waals surface area contributed by atoms with Gasteiger partial charge in [0.15, 0.2) is 5.60 Å².